The van der Waals surface area contributed by atoms with Crippen LogP contribution in [0.25, 0.3) is 0 Å². The zero-order valence-electron chi connectivity index (χ0n) is 10.9. The van der Waals surface area contributed by atoms with Crippen LogP contribution in [0.1, 0.15) is 18.5 Å². The maximum Gasteiger partial charge on any atom is 0.139 e. The molecule has 3 nitrogen and oxygen atoms in total. The summed E-state index contributed by atoms with van der Waals surface area (Å²) in [4.78, 5) is 0. The fraction of sp³-hybridized carbons (Fsp3) is 0.200. The lowest BCUT2D eigenvalue weighted by Crippen LogP contribution is -2.06. The van der Waals surface area contributed by atoms with Crippen molar-refractivity contribution in [3.63, 3.8) is 0 Å². The molecule has 0 aliphatic heterocycles. The molecule has 0 aromatic heterocycles. The van der Waals surface area contributed by atoms with Gasteiger partial charge in [0.15, 0.2) is 0 Å². The molecule has 0 bridgehead atoms. The summed E-state index contributed by atoms with van der Waals surface area (Å²) in [6.45, 7) is 1.98. The van der Waals surface area contributed by atoms with E-state index in [1.165, 1.54) is 0 Å². The van der Waals surface area contributed by atoms with Crippen molar-refractivity contribution < 1.29 is 9.84 Å². The normalized spacial score (nSPS) is 11.9. The molecular formula is C15H16ClNO2. The number of hydrogen-bond donors (Lipinski definition) is 2. The van der Waals surface area contributed by atoms with Crippen LogP contribution in [0.5, 0.6) is 11.5 Å². The van der Waals surface area contributed by atoms with Crippen LogP contribution in [0, 0.1) is 0 Å². The Morgan fingerprint density at radius 1 is 1.21 bits per heavy atom. The van der Waals surface area contributed by atoms with Gasteiger partial charge in [0.05, 0.1) is 18.2 Å². The highest BCUT2D eigenvalue weighted by atomic mass is 35.5. The molecule has 19 heavy (non-hydrogen) atoms. The molecule has 0 fully saturated rings. The molecule has 4 heteroatoms. The highest BCUT2D eigenvalue weighted by molar-refractivity contribution is 6.32. The van der Waals surface area contributed by atoms with Crippen molar-refractivity contribution in [1.29, 1.82) is 0 Å². The summed E-state index contributed by atoms with van der Waals surface area (Å²) in [6, 6.07) is 12.7. The Morgan fingerprint density at radius 2 is 1.95 bits per heavy atom. The van der Waals surface area contributed by atoms with Crippen LogP contribution in [0.2, 0.25) is 5.02 Å². The quantitative estimate of drug-likeness (QED) is 0.879. The lowest BCUT2D eigenvalue weighted by Gasteiger charge is -2.17. The van der Waals surface area contributed by atoms with Crippen molar-refractivity contribution in [3.05, 3.63) is 53.1 Å². The molecular weight excluding hydrogens is 262 g/mol. The van der Waals surface area contributed by atoms with Gasteiger partial charge in [0.2, 0.25) is 0 Å². The molecule has 0 heterocycles. The van der Waals surface area contributed by atoms with E-state index in [1.807, 2.05) is 31.2 Å². The van der Waals surface area contributed by atoms with Crippen molar-refractivity contribution in [1.82, 2.24) is 0 Å². The fourth-order valence-corrected chi connectivity index (χ4v) is 2.13. The maximum absolute atomic E-state index is 9.82. The smallest absolute Gasteiger partial charge is 0.139 e. The van der Waals surface area contributed by atoms with E-state index >= 15 is 0 Å². The van der Waals surface area contributed by atoms with Crippen LogP contribution in [0.3, 0.4) is 0 Å². The van der Waals surface area contributed by atoms with Gasteiger partial charge in [0.1, 0.15) is 11.5 Å². The van der Waals surface area contributed by atoms with Gasteiger partial charge in [0.25, 0.3) is 0 Å². The van der Waals surface area contributed by atoms with Gasteiger partial charge < -0.3 is 15.2 Å². The van der Waals surface area contributed by atoms with E-state index in [0.717, 1.165) is 11.3 Å². The summed E-state index contributed by atoms with van der Waals surface area (Å²) in [5, 5.41) is 13.7. The number of hydrogen-bond acceptors (Lipinski definition) is 3. The Morgan fingerprint density at radius 3 is 2.63 bits per heavy atom. The molecule has 0 saturated heterocycles. The summed E-state index contributed by atoms with van der Waals surface area (Å²) in [5.74, 6) is 0.902. The van der Waals surface area contributed by atoms with Crippen LogP contribution in [-0.2, 0) is 0 Å². The third-order valence-electron chi connectivity index (χ3n) is 2.94. The summed E-state index contributed by atoms with van der Waals surface area (Å²) in [7, 11) is 1.58. The zero-order chi connectivity index (χ0) is 13.8. The zero-order valence-corrected chi connectivity index (χ0v) is 11.6. The number of halogens is 1. The van der Waals surface area contributed by atoms with Crippen molar-refractivity contribution in [3.8, 4) is 11.5 Å². The van der Waals surface area contributed by atoms with Gasteiger partial charge in [-0.3, -0.25) is 0 Å². The van der Waals surface area contributed by atoms with E-state index < -0.39 is 0 Å². The van der Waals surface area contributed by atoms with Gasteiger partial charge in [-0.25, -0.2) is 0 Å². The van der Waals surface area contributed by atoms with Crippen molar-refractivity contribution in [2.24, 2.45) is 0 Å². The van der Waals surface area contributed by atoms with Gasteiger partial charge in [-0.05, 0) is 25.1 Å². The topological polar surface area (TPSA) is 41.5 Å². The second-order valence-corrected chi connectivity index (χ2v) is 4.68. The first-order chi connectivity index (χ1) is 9.11. The predicted octanol–water partition coefficient (Wildman–Crippen LogP) is 4.23. The summed E-state index contributed by atoms with van der Waals surface area (Å²) in [6.07, 6.45) is 0. The van der Waals surface area contributed by atoms with Gasteiger partial charge >= 0.3 is 0 Å². The SMILES string of the molecule is COc1cc(NC(C)c2ccccc2O)ccc1Cl. The first-order valence-corrected chi connectivity index (χ1v) is 6.37. The van der Waals surface area contributed by atoms with E-state index in [-0.39, 0.29) is 11.8 Å². The Balaban J connectivity index is 2.19. The molecule has 2 rings (SSSR count). The number of anilines is 1. The number of methoxy groups -OCH3 is 1. The van der Waals surface area contributed by atoms with E-state index in [9.17, 15) is 5.11 Å². The molecule has 2 aromatic rings. The minimum absolute atomic E-state index is 0.0212. The molecule has 0 spiro atoms. The highest BCUT2D eigenvalue weighted by Gasteiger charge is 2.10. The van der Waals surface area contributed by atoms with E-state index in [0.29, 0.717) is 10.8 Å². The number of para-hydroxylation sites is 1. The number of aromatic hydroxyl groups is 1. The average Bonchev–Trinajstić information content (AvgIpc) is 2.41. The largest absolute Gasteiger partial charge is 0.508 e. The first kappa shape index (κ1) is 13.6. The maximum atomic E-state index is 9.82. The Labute approximate surface area is 117 Å². The van der Waals surface area contributed by atoms with Gasteiger partial charge in [-0.15, -0.1) is 0 Å². The third-order valence-corrected chi connectivity index (χ3v) is 3.25. The number of ether oxygens (including phenoxy) is 1. The lowest BCUT2D eigenvalue weighted by molar-refractivity contribution is 0.415. The van der Waals surface area contributed by atoms with Crippen LogP contribution in [0.4, 0.5) is 5.69 Å². The molecule has 0 amide bonds. The van der Waals surface area contributed by atoms with E-state index in [2.05, 4.69) is 5.32 Å². The predicted molar refractivity (Wildman–Crippen MR) is 78.1 cm³/mol. The molecule has 0 radical (unpaired) electrons. The van der Waals surface area contributed by atoms with E-state index in [4.69, 9.17) is 16.3 Å². The standard InChI is InChI=1S/C15H16ClNO2/c1-10(12-5-3-4-6-14(12)18)17-11-7-8-13(16)15(9-11)19-2/h3-10,17-18H,1-2H3. The lowest BCUT2D eigenvalue weighted by atomic mass is 10.1. The van der Waals surface area contributed by atoms with E-state index in [1.54, 1.807) is 25.3 Å². The molecule has 0 saturated carbocycles. The Kier molecular flexibility index (Phi) is 4.17. The van der Waals surface area contributed by atoms with Crippen LogP contribution < -0.4 is 10.1 Å². The van der Waals surface area contributed by atoms with Gasteiger partial charge in [0, 0.05) is 17.3 Å². The monoisotopic (exact) mass is 277 g/mol. The summed E-state index contributed by atoms with van der Waals surface area (Å²) in [5.41, 5.74) is 1.73. The molecule has 0 aliphatic rings. The second kappa shape index (κ2) is 5.85. The average molecular weight is 278 g/mol. The number of benzene rings is 2. The van der Waals surface area contributed by atoms with Crippen molar-refractivity contribution in [2.75, 3.05) is 12.4 Å². The first-order valence-electron chi connectivity index (χ1n) is 6.00. The molecule has 100 valence electrons. The summed E-state index contributed by atoms with van der Waals surface area (Å²) < 4.78 is 5.18. The number of phenolic OH excluding ortho intramolecular Hbond substituents is 1. The molecule has 0 aliphatic carbocycles. The van der Waals surface area contributed by atoms with Gasteiger partial charge in [-0.2, -0.15) is 0 Å². The second-order valence-electron chi connectivity index (χ2n) is 4.27. The molecule has 1 atom stereocenters. The Bertz CT molecular complexity index is 572. The van der Waals surface area contributed by atoms with Crippen LogP contribution in [-0.4, -0.2) is 12.2 Å². The van der Waals surface area contributed by atoms with Crippen molar-refractivity contribution >= 4 is 17.3 Å². The molecule has 1 unspecified atom stereocenters. The number of rotatable bonds is 4. The molecule has 2 N–H and O–H groups in total. The third kappa shape index (κ3) is 3.12. The van der Waals surface area contributed by atoms with Crippen molar-refractivity contribution in [2.45, 2.75) is 13.0 Å². The van der Waals surface area contributed by atoms with Crippen LogP contribution in [0.15, 0.2) is 42.5 Å². The minimum atomic E-state index is -0.0212. The fourth-order valence-electron chi connectivity index (χ4n) is 1.93. The highest BCUT2D eigenvalue weighted by Crippen LogP contribution is 2.31. The Hall–Kier alpha value is -1.87. The van der Waals surface area contributed by atoms with Crippen LogP contribution >= 0.6 is 11.6 Å². The van der Waals surface area contributed by atoms with Gasteiger partial charge in [-0.1, -0.05) is 29.8 Å². The number of nitrogens with one attached hydrogen (secondary N) is 1. The molecule has 2 aromatic carbocycles. The minimum Gasteiger partial charge on any atom is -0.508 e. The summed E-state index contributed by atoms with van der Waals surface area (Å²) >= 11 is 5.98. The number of phenols is 1.